The lowest BCUT2D eigenvalue weighted by molar-refractivity contribution is 0.475. The highest BCUT2D eigenvalue weighted by Gasteiger charge is 1.96. The van der Waals surface area contributed by atoms with E-state index in [2.05, 4.69) is 26.2 Å². The number of nitrogens with one attached hydrogen (secondary N) is 1. The molecule has 2 aromatic rings. The van der Waals surface area contributed by atoms with Crippen molar-refractivity contribution in [1.82, 2.24) is 10.3 Å². The number of hydrogen-bond donors (Lipinski definition) is 2. The molecule has 1 aromatic heterocycles. The molecule has 1 aromatic carbocycles. The summed E-state index contributed by atoms with van der Waals surface area (Å²) in [4.78, 5) is 4.35. The zero-order chi connectivity index (χ0) is 12.8. The Balaban J connectivity index is 1.74. The molecule has 2 rings (SSSR count). The zero-order valence-electron chi connectivity index (χ0n) is 9.94. The molecule has 0 aliphatic rings. The third-order valence-corrected chi connectivity index (χ3v) is 3.05. The van der Waals surface area contributed by atoms with E-state index in [1.807, 2.05) is 30.3 Å². The van der Waals surface area contributed by atoms with Gasteiger partial charge in [-0.25, -0.2) is 4.98 Å². The number of benzene rings is 1. The van der Waals surface area contributed by atoms with Crippen LogP contribution in [0.15, 0.2) is 47.1 Å². The van der Waals surface area contributed by atoms with Crippen molar-refractivity contribution in [2.75, 3.05) is 6.54 Å². The summed E-state index contributed by atoms with van der Waals surface area (Å²) in [6, 6.07) is 13.2. The smallest absolute Gasteiger partial charge is 0.115 e. The van der Waals surface area contributed by atoms with Gasteiger partial charge in [0.15, 0.2) is 0 Å². The van der Waals surface area contributed by atoms with Crippen LogP contribution in [0.4, 0.5) is 0 Å². The fraction of sp³-hybridized carbons (Fsp3) is 0.214. The van der Waals surface area contributed by atoms with Crippen molar-refractivity contribution < 1.29 is 5.11 Å². The predicted molar refractivity (Wildman–Crippen MR) is 75.5 cm³/mol. The van der Waals surface area contributed by atoms with Gasteiger partial charge in [-0.05, 0) is 58.7 Å². The van der Waals surface area contributed by atoms with Gasteiger partial charge < -0.3 is 10.4 Å². The van der Waals surface area contributed by atoms with Crippen LogP contribution in [0, 0.1) is 0 Å². The molecule has 0 bridgehead atoms. The standard InChI is InChI=1S/C14H15BrN2O/c15-14-3-1-2-12(17-14)10-16-9-8-11-4-6-13(18)7-5-11/h1-7,16,18H,8-10H2. The van der Waals surface area contributed by atoms with Gasteiger partial charge in [-0.15, -0.1) is 0 Å². The summed E-state index contributed by atoms with van der Waals surface area (Å²) in [5, 5.41) is 12.5. The molecule has 1 heterocycles. The molecule has 0 unspecified atom stereocenters. The fourth-order valence-corrected chi connectivity index (χ4v) is 2.04. The van der Waals surface area contributed by atoms with Crippen LogP contribution in [-0.4, -0.2) is 16.6 Å². The van der Waals surface area contributed by atoms with Crippen molar-refractivity contribution in [2.45, 2.75) is 13.0 Å². The van der Waals surface area contributed by atoms with E-state index < -0.39 is 0 Å². The van der Waals surface area contributed by atoms with E-state index in [1.54, 1.807) is 12.1 Å². The lowest BCUT2D eigenvalue weighted by Crippen LogP contribution is -2.17. The molecule has 0 aliphatic heterocycles. The number of nitrogens with zero attached hydrogens (tertiary/aromatic N) is 1. The van der Waals surface area contributed by atoms with Gasteiger partial charge in [0.1, 0.15) is 10.4 Å². The molecule has 94 valence electrons. The van der Waals surface area contributed by atoms with Crippen LogP contribution in [0.25, 0.3) is 0 Å². The maximum absolute atomic E-state index is 9.17. The number of phenolic OH excluding ortho intramolecular Hbond substituents is 1. The van der Waals surface area contributed by atoms with Crippen molar-refractivity contribution in [3.8, 4) is 5.75 Å². The van der Waals surface area contributed by atoms with E-state index in [0.717, 1.165) is 29.8 Å². The number of pyridine rings is 1. The number of aromatic nitrogens is 1. The van der Waals surface area contributed by atoms with Crippen LogP contribution in [-0.2, 0) is 13.0 Å². The summed E-state index contributed by atoms with van der Waals surface area (Å²) in [7, 11) is 0. The summed E-state index contributed by atoms with van der Waals surface area (Å²) in [6.45, 7) is 1.65. The van der Waals surface area contributed by atoms with Crippen LogP contribution in [0.3, 0.4) is 0 Å². The molecule has 4 heteroatoms. The van der Waals surface area contributed by atoms with Gasteiger partial charge >= 0.3 is 0 Å². The van der Waals surface area contributed by atoms with E-state index >= 15 is 0 Å². The first-order chi connectivity index (χ1) is 8.74. The molecule has 0 radical (unpaired) electrons. The Kier molecular flexibility index (Phi) is 4.73. The molecule has 18 heavy (non-hydrogen) atoms. The van der Waals surface area contributed by atoms with E-state index in [0.29, 0.717) is 5.75 Å². The second-order valence-electron chi connectivity index (χ2n) is 4.04. The highest BCUT2D eigenvalue weighted by molar-refractivity contribution is 9.10. The average Bonchev–Trinajstić information content (AvgIpc) is 2.37. The topological polar surface area (TPSA) is 45.1 Å². The first-order valence-corrected chi connectivity index (χ1v) is 6.63. The highest BCUT2D eigenvalue weighted by Crippen LogP contribution is 2.10. The summed E-state index contributed by atoms with van der Waals surface area (Å²) < 4.78 is 0.861. The maximum atomic E-state index is 9.17. The normalized spacial score (nSPS) is 10.5. The van der Waals surface area contributed by atoms with Gasteiger partial charge in [0.2, 0.25) is 0 Å². The van der Waals surface area contributed by atoms with Crippen LogP contribution >= 0.6 is 15.9 Å². The molecule has 0 saturated heterocycles. The Labute approximate surface area is 115 Å². The van der Waals surface area contributed by atoms with Crippen molar-refractivity contribution in [2.24, 2.45) is 0 Å². The first-order valence-electron chi connectivity index (χ1n) is 5.84. The molecular weight excluding hydrogens is 292 g/mol. The molecule has 0 aliphatic carbocycles. The van der Waals surface area contributed by atoms with Crippen molar-refractivity contribution >= 4 is 15.9 Å². The second-order valence-corrected chi connectivity index (χ2v) is 4.86. The fourth-order valence-electron chi connectivity index (χ4n) is 1.66. The molecule has 0 atom stereocenters. The molecule has 2 N–H and O–H groups in total. The van der Waals surface area contributed by atoms with E-state index in [4.69, 9.17) is 0 Å². The number of hydrogen-bond acceptors (Lipinski definition) is 3. The van der Waals surface area contributed by atoms with E-state index in [1.165, 1.54) is 5.56 Å². The molecule has 0 fully saturated rings. The van der Waals surface area contributed by atoms with Crippen molar-refractivity contribution in [3.05, 3.63) is 58.3 Å². The minimum Gasteiger partial charge on any atom is -0.508 e. The van der Waals surface area contributed by atoms with Gasteiger partial charge in [0.25, 0.3) is 0 Å². The molecule has 0 spiro atoms. The van der Waals surface area contributed by atoms with Gasteiger partial charge in [0, 0.05) is 6.54 Å². The Hall–Kier alpha value is -1.39. The highest BCUT2D eigenvalue weighted by atomic mass is 79.9. The monoisotopic (exact) mass is 306 g/mol. The van der Waals surface area contributed by atoms with Gasteiger partial charge in [-0.1, -0.05) is 18.2 Å². The zero-order valence-corrected chi connectivity index (χ0v) is 11.5. The molecule has 3 nitrogen and oxygen atoms in total. The number of rotatable bonds is 5. The number of phenols is 1. The van der Waals surface area contributed by atoms with E-state index in [9.17, 15) is 5.11 Å². The van der Waals surface area contributed by atoms with Gasteiger partial charge in [-0.2, -0.15) is 0 Å². The van der Waals surface area contributed by atoms with Crippen LogP contribution in [0.1, 0.15) is 11.3 Å². The van der Waals surface area contributed by atoms with Gasteiger partial charge in [-0.3, -0.25) is 0 Å². The van der Waals surface area contributed by atoms with Crippen LogP contribution < -0.4 is 5.32 Å². The van der Waals surface area contributed by atoms with Gasteiger partial charge in [0.05, 0.1) is 5.69 Å². The Bertz CT molecular complexity index is 499. The second kappa shape index (κ2) is 6.52. The SMILES string of the molecule is Oc1ccc(CCNCc2cccc(Br)n2)cc1. The summed E-state index contributed by atoms with van der Waals surface area (Å²) in [6.07, 6.45) is 0.939. The maximum Gasteiger partial charge on any atom is 0.115 e. The summed E-state index contributed by atoms with van der Waals surface area (Å²) >= 11 is 3.35. The van der Waals surface area contributed by atoms with Crippen LogP contribution in [0.2, 0.25) is 0 Å². The van der Waals surface area contributed by atoms with Crippen molar-refractivity contribution in [3.63, 3.8) is 0 Å². The minimum atomic E-state index is 0.310. The van der Waals surface area contributed by atoms with E-state index in [-0.39, 0.29) is 0 Å². The number of halogens is 1. The minimum absolute atomic E-state index is 0.310. The largest absolute Gasteiger partial charge is 0.508 e. The predicted octanol–water partition coefficient (Wildman–Crippen LogP) is 2.88. The first kappa shape index (κ1) is 13.1. The molecular formula is C14H15BrN2O. The third kappa shape index (κ3) is 4.13. The number of aromatic hydroxyl groups is 1. The average molecular weight is 307 g/mol. The van der Waals surface area contributed by atoms with Crippen molar-refractivity contribution in [1.29, 1.82) is 0 Å². The third-order valence-electron chi connectivity index (χ3n) is 2.61. The Morgan fingerprint density at radius 3 is 2.61 bits per heavy atom. The Morgan fingerprint density at radius 2 is 1.89 bits per heavy atom. The molecule has 0 saturated carbocycles. The molecule has 0 amide bonds. The summed E-state index contributed by atoms with van der Waals surface area (Å²) in [5.74, 6) is 0.310. The van der Waals surface area contributed by atoms with Crippen LogP contribution in [0.5, 0.6) is 5.75 Å². The quantitative estimate of drug-likeness (QED) is 0.659. The lowest BCUT2D eigenvalue weighted by atomic mass is 10.1. The summed E-state index contributed by atoms with van der Waals surface area (Å²) in [5.41, 5.74) is 2.23. The Morgan fingerprint density at radius 1 is 1.11 bits per heavy atom. The lowest BCUT2D eigenvalue weighted by Gasteiger charge is -2.05.